The molecular weight excluding hydrogens is 378 g/mol. The second-order valence-electron chi connectivity index (χ2n) is 6.33. The molecule has 0 saturated heterocycles. The molecule has 0 fully saturated rings. The predicted molar refractivity (Wildman–Crippen MR) is 112 cm³/mol. The molecule has 2 aromatic rings. The molecular formula is C21H25ClN3O3+. The van der Waals surface area contributed by atoms with Gasteiger partial charge in [-0.05, 0) is 30.3 Å². The van der Waals surface area contributed by atoms with Crippen molar-refractivity contribution in [3.05, 3.63) is 66.2 Å². The first-order valence-corrected chi connectivity index (χ1v) is 9.23. The van der Waals surface area contributed by atoms with Gasteiger partial charge in [0, 0.05) is 17.3 Å². The largest absolute Gasteiger partial charge is 0.495 e. The van der Waals surface area contributed by atoms with Crippen LogP contribution >= 0.6 is 11.6 Å². The number of ether oxygens (including phenoxy) is 1. The molecule has 0 aliphatic carbocycles. The number of carbonyl (C=O) groups excluding carboxylic acids is 2. The summed E-state index contributed by atoms with van der Waals surface area (Å²) in [5, 5.41) is 3.28. The van der Waals surface area contributed by atoms with Crippen LogP contribution in [0, 0.1) is 0 Å². The minimum absolute atomic E-state index is 0.0864. The van der Waals surface area contributed by atoms with Gasteiger partial charge in [0.2, 0.25) is 0 Å². The van der Waals surface area contributed by atoms with Crippen molar-refractivity contribution in [3.63, 3.8) is 0 Å². The fourth-order valence-electron chi connectivity index (χ4n) is 2.75. The first-order chi connectivity index (χ1) is 13.4. The molecule has 2 amide bonds. The van der Waals surface area contributed by atoms with Gasteiger partial charge in [-0.25, -0.2) is 0 Å². The summed E-state index contributed by atoms with van der Waals surface area (Å²) in [5.41, 5.74) is 1.30. The molecule has 6 nitrogen and oxygen atoms in total. The summed E-state index contributed by atoms with van der Waals surface area (Å²) in [7, 11) is 3.32. The Balaban J connectivity index is 1.97. The molecule has 7 heteroatoms. The average molecular weight is 403 g/mol. The SMILES string of the molecule is C=CCN(C(=O)C[NH+](C)CC(=O)Nc1cc(Cl)ccc1OC)c1ccccc1. The predicted octanol–water partition coefficient (Wildman–Crippen LogP) is 2.02. The van der Waals surface area contributed by atoms with Gasteiger partial charge in [0.1, 0.15) is 5.75 Å². The average Bonchev–Trinajstić information content (AvgIpc) is 2.66. The Morgan fingerprint density at radius 1 is 1.21 bits per heavy atom. The molecule has 0 aliphatic heterocycles. The van der Waals surface area contributed by atoms with Gasteiger partial charge in [-0.2, -0.15) is 0 Å². The maximum absolute atomic E-state index is 12.7. The molecule has 2 aromatic carbocycles. The molecule has 2 N–H and O–H groups in total. The minimum Gasteiger partial charge on any atom is -0.495 e. The number of quaternary nitrogens is 1. The van der Waals surface area contributed by atoms with Crippen molar-refractivity contribution in [1.82, 2.24) is 0 Å². The van der Waals surface area contributed by atoms with E-state index in [0.717, 1.165) is 10.6 Å². The molecule has 0 aliphatic rings. The summed E-state index contributed by atoms with van der Waals surface area (Å²) >= 11 is 5.98. The minimum atomic E-state index is -0.235. The van der Waals surface area contributed by atoms with Crippen LogP contribution in [-0.4, -0.2) is 45.6 Å². The fraction of sp³-hybridized carbons (Fsp3) is 0.238. The molecule has 0 radical (unpaired) electrons. The van der Waals surface area contributed by atoms with Gasteiger partial charge in [-0.3, -0.25) is 9.59 Å². The topological polar surface area (TPSA) is 63.1 Å². The van der Waals surface area contributed by atoms with E-state index in [1.165, 1.54) is 7.11 Å². The monoisotopic (exact) mass is 402 g/mol. The maximum Gasteiger partial charge on any atom is 0.282 e. The lowest BCUT2D eigenvalue weighted by molar-refractivity contribution is -0.862. The Morgan fingerprint density at radius 3 is 2.57 bits per heavy atom. The zero-order chi connectivity index (χ0) is 20.5. The molecule has 0 heterocycles. The number of para-hydroxylation sites is 1. The van der Waals surface area contributed by atoms with E-state index < -0.39 is 0 Å². The first-order valence-electron chi connectivity index (χ1n) is 8.85. The van der Waals surface area contributed by atoms with Gasteiger partial charge in [-0.15, -0.1) is 6.58 Å². The normalized spacial score (nSPS) is 11.4. The number of nitrogens with one attached hydrogen (secondary N) is 2. The number of carbonyl (C=O) groups is 2. The van der Waals surface area contributed by atoms with E-state index in [2.05, 4.69) is 11.9 Å². The number of nitrogens with zero attached hydrogens (tertiary/aromatic N) is 1. The number of rotatable bonds is 9. The van der Waals surface area contributed by atoms with Gasteiger partial charge in [-0.1, -0.05) is 35.9 Å². The zero-order valence-corrected chi connectivity index (χ0v) is 16.8. The lowest BCUT2D eigenvalue weighted by atomic mass is 10.2. The second-order valence-corrected chi connectivity index (χ2v) is 6.77. The third-order valence-corrected chi connectivity index (χ3v) is 4.27. The number of halogens is 1. The van der Waals surface area contributed by atoms with Gasteiger partial charge in [0.25, 0.3) is 11.8 Å². The van der Waals surface area contributed by atoms with Crippen LogP contribution in [0.2, 0.25) is 5.02 Å². The molecule has 1 unspecified atom stereocenters. The van der Waals surface area contributed by atoms with Crippen LogP contribution in [0.25, 0.3) is 0 Å². The number of methoxy groups -OCH3 is 1. The van der Waals surface area contributed by atoms with Crippen molar-refractivity contribution in [2.75, 3.05) is 44.0 Å². The van der Waals surface area contributed by atoms with Crippen molar-refractivity contribution in [2.45, 2.75) is 0 Å². The summed E-state index contributed by atoms with van der Waals surface area (Å²) in [5.74, 6) is 0.199. The van der Waals surface area contributed by atoms with E-state index in [1.807, 2.05) is 30.3 Å². The van der Waals surface area contributed by atoms with E-state index >= 15 is 0 Å². The number of anilines is 2. The molecule has 0 aromatic heterocycles. The second kappa shape index (κ2) is 10.5. The summed E-state index contributed by atoms with van der Waals surface area (Å²) in [6.45, 7) is 4.42. The number of amides is 2. The highest BCUT2D eigenvalue weighted by atomic mass is 35.5. The van der Waals surface area contributed by atoms with Crippen LogP contribution in [0.3, 0.4) is 0 Å². The van der Waals surface area contributed by atoms with E-state index in [1.54, 1.807) is 36.2 Å². The summed E-state index contributed by atoms with van der Waals surface area (Å²) in [4.78, 5) is 27.5. The molecule has 28 heavy (non-hydrogen) atoms. The molecule has 0 saturated carbocycles. The van der Waals surface area contributed by atoms with Gasteiger partial charge >= 0.3 is 0 Å². The Labute approximate surface area is 170 Å². The van der Waals surface area contributed by atoms with E-state index in [0.29, 0.717) is 23.0 Å². The molecule has 148 valence electrons. The number of benzene rings is 2. The Kier molecular flexibility index (Phi) is 8.04. The van der Waals surface area contributed by atoms with Crippen molar-refractivity contribution in [1.29, 1.82) is 0 Å². The number of hydrogen-bond donors (Lipinski definition) is 2. The summed E-state index contributed by atoms with van der Waals surface area (Å²) < 4.78 is 5.23. The highest BCUT2D eigenvalue weighted by Crippen LogP contribution is 2.27. The Bertz CT molecular complexity index is 827. The van der Waals surface area contributed by atoms with Crippen LogP contribution in [0.4, 0.5) is 11.4 Å². The van der Waals surface area contributed by atoms with E-state index in [-0.39, 0.29) is 24.9 Å². The third kappa shape index (κ3) is 6.11. The lowest BCUT2D eigenvalue weighted by Crippen LogP contribution is -3.11. The van der Waals surface area contributed by atoms with Crippen molar-refractivity contribution in [2.24, 2.45) is 0 Å². The van der Waals surface area contributed by atoms with Crippen LogP contribution in [0.1, 0.15) is 0 Å². The molecule has 0 spiro atoms. The first kappa shape index (κ1) is 21.5. The Hall–Kier alpha value is -2.83. The van der Waals surface area contributed by atoms with Crippen molar-refractivity contribution in [3.8, 4) is 5.75 Å². The highest BCUT2D eigenvalue weighted by molar-refractivity contribution is 6.31. The summed E-state index contributed by atoms with van der Waals surface area (Å²) in [6, 6.07) is 14.4. The van der Waals surface area contributed by atoms with Crippen molar-refractivity contribution >= 4 is 34.8 Å². The Morgan fingerprint density at radius 2 is 1.93 bits per heavy atom. The molecule has 0 bridgehead atoms. The molecule has 1 atom stereocenters. The number of likely N-dealkylation sites (N-methyl/N-ethyl adjacent to an activating group) is 1. The lowest BCUT2D eigenvalue weighted by Gasteiger charge is -2.23. The third-order valence-electron chi connectivity index (χ3n) is 4.03. The maximum atomic E-state index is 12.7. The van der Waals surface area contributed by atoms with Crippen molar-refractivity contribution < 1.29 is 19.2 Å². The quantitative estimate of drug-likeness (QED) is 0.631. The van der Waals surface area contributed by atoms with Crippen LogP contribution in [-0.2, 0) is 9.59 Å². The van der Waals surface area contributed by atoms with Gasteiger partial charge in [0.05, 0.1) is 19.8 Å². The zero-order valence-electron chi connectivity index (χ0n) is 16.1. The van der Waals surface area contributed by atoms with Crippen LogP contribution in [0.15, 0.2) is 61.2 Å². The van der Waals surface area contributed by atoms with E-state index in [4.69, 9.17) is 16.3 Å². The van der Waals surface area contributed by atoms with Gasteiger partial charge in [0.15, 0.2) is 13.1 Å². The summed E-state index contributed by atoms with van der Waals surface area (Å²) in [6.07, 6.45) is 1.68. The van der Waals surface area contributed by atoms with Crippen LogP contribution < -0.4 is 19.9 Å². The number of hydrogen-bond acceptors (Lipinski definition) is 3. The van der Waals surface area contributed by atoms with E-state index in [9.17, 15) is 9.59 Å². The smallest absolute Gasteiger partial charge is 0.282 e. The molecule has 2 rings (SSSR count). The fourth-order valence-corrected chi connectivity index (χ4v) is 2.92. The van der Waals surface area contributed by atoms with Gasteiger partial charge < -0.3 is 19.9 Å². The standard InChI is InChI=1S/C21H24ClN3O3/c1-4-12-25(17-8-6-5-7-9-17)21(27)15-24(2)14-20(26)23-18-13-16(22)10-11-19(18)28-3/h4-11,13H,1,12,14-15H2,2-3H3,(H,23,26)/p+1. The van der Waals surface area contributed by atoms with Crippen LogP contribution in [0.5, 0.6) is 5.75 Å². The highest BCUT2D eigenvalue weighted by Gasteiger charge is 2.20.